The van der Waals surface area contributed by atoms with Crippen LogP contribution in [0.15, 0.2) is 16.9 Å². The molecule has 0 bridgehead atoms. The van der Waals surface area contributed by atoms with Gasteiger partial charge in [0.05, 0.1) is 41.0 Å². The number of hydrogen-bond donors (Lipinski definition) is 2. The third-order valence-electron chi connectivity index (χ3n) is 7.84. The maximum Gasteiger partial charge on any atom is 0.313 e. The van der Waals surface area contributed by atoms with Crippen LogP contribution in [-0.2, 0) is 33.9 Å². The minimum atomic E-state index is -0.637. The normalized spacial score (nSPS) is 19.5. The van der Waals surface area contributed by atoms with Crippen LogP contribution in [0.2, 0.25) is 0 Å². The predicted octanol–water partition coefficient (Wildman–Crippen LogP) is 2.91. The van der Waals surface area contributed by atoms with E-state index in [9.17, 15) is 23.9 Å². The molecule has 4 heterocycles. The summed E-state index contributed by atoms with van der Waals surface area (Å²) in [6, 6.07) is 2.87. The first-order chi connectivity index (χ1) is 17.3. The van der Waals surface area contributed by atoms with Crippen molar-refractivity contribution >= 4 is 22.8 Å². The number of aromatic nitrogens is 2. The number of nitrogens with one attached hydrogen (secondary N) is 1. The number of aliphatic hydroxyl groups excluding tert-OH is 1. The van der Waals surface area contributed by atoms with E-state index in [4.69, 9.17) is 9.72 Å². The third-order valence-corrected chi connectivity index (χ3v) is 7.84. The summed E-state index contributed by atoms with van der Waals surface area (Å²) in [4.78, 5) is 43.1. The van der Waals surface area contributed by atoms with E-state index in [0.29, 0.717) is 52.9 Å². The van der Waals surface area contributed by atoms with Crippen molar-refractivity contribution in [2.45, 2.75) is 64.6 Å². The van der Waals surface area contributed by atoms with E-state index < -0.39 is 24.5 Å². The van der Waals surface area contributed by atoms with Gasteiger partial charge in [-0.2, -0.15) is 0 Å². The number of pyridine rings is 2. The molecular weight excluding hydrogens is 465 g/mol. The number of carbonyl (C=O) groups excluding carboxylic acids is 2. The van der Waals surface area contributed by atoms with Crippen LogP contribution < -0.4 is 10.9 Å². The molecule has 9 heteroatoms. The lowest BCUT2D eigenvalue weighted by Gasteiger charge is -2.29. The van der Waals surface area contributed by atoms with Crippen molar-refractivity contribution in [2.24, 2.45) is 0 Å². The number of rotatable bonds is 4. The Morgan fingerprint density at radius 3 is 2.83 bits per heavy atom. The van der Waals surface area contributed by atoms with Crippen molar-refractivity contribution in [3.05, 3.63) is 61.7 Å². The largest absolute Gasteiger partial charge is 0.460 e. The number of halogens is 1. The number of nitrogens with zero attached hydrogens (tertiary/aromatic N) is 2. The van der Waals surface area contributed by atoms with Crippen LogP contribution in [0.4, 0.5) is 4.39 Å². The molecule has 1 aliphatic carbocycles. The molecule has 6 rings (SSSR count). The summed E-state index contributed by atoms with van der Waals surface area (Å²) < 4.78 is 21.9. The molecule has 0 saturated carbocycles. The summed E-state index contributed by atoms with van der Waals surface area (Å²) in [6.07, 6.45) is 2.43. The van der Waals surface area contributed by atoms with E-state index in [-0.39, 0.29) is 30.5 Å². The number of cyclic esters (lactones) is 1. The molecular formula is C27H26FN3O5. The first-order valence-electron chi connectivity index (χ1n) is 12.3. The number of aryl methyl sites for hydroxylation is 1. The number of carbonyl (C=O) groups is 2. The highest BCUT2D eigenvalue weighted by Crippen LogP contribution is 2.45. The van der Waals surface area contributed by atoms with E-state index in [1.807, 2.05) is 13.0 Å². The topological polar surface area (TPSA) is 111 Å². The average Bonchev–Trinajstić information content (AvgIpc) is 3.23. The molecule has 1 aromatic carbocycles. The maximum atomic E-state index is 14.9. The van der Waals surface area contributed by atoms with Crippen molar-refractivity contribution in [3.63, 3.8) is 0 Å². The number of aliphatic hydroxyl groups is 1. The molecule has 0 saturated heterocycles. The second-order valence-corrected chi connectivity index (χ2v) is 9.83. The maximum absolute atomic E-state index is 14.9. The van der Waals surface area contributed by atoms with Gasteiger partial charge in [-0.1, -0.05) is 13.3 Å². The smallest absolute Gasteiger partial charge is 0.313 e. The van der Waals surface area contributed by atoms with Gasteiger partial charge in [0, 0.05) is 17.0 Å². The predicted molar refractivity (Wildman–Crippen MR) is 129 cm³/mol. The standard InChI is InChI=1S/C27H26FN3O5/c1-3-4-14-15-7-21-25-16(9-31(21)26(34)17(15)11-36-27(14)35)24-19(29-22(33)10-32)6-5-13-12(2)18(28)8-20(30-25)23(13)24/h7-8,14,19,32H,3-6,9-11H2,1-2H3,(H,29,33)/t14-,19-/m0/s1. The zero-order valence-electron chi connectivity index (χ0n) is 20.1. The van der Waals surface area contributed by atoms with Gasteiger partial charge in [0.15, 0.2) is 0 Å². The van der Waals surface area contributed by atoms with Crippen LogP contribution >= 0.6 is 0 Å². The van der Waals surface area contributed by atoms with Gasteiger partial charge in [0.25, 0.3) is 5.56 Å². The second kappa shape index (κ2) is 8.23. The molecule has 0 unspecified atom stereocenters. The van der Waals surface area contributed by atoms with Crippen LogP contribution in [0.3, 0.4) is 0 Å². The Labute approximate surface area is 206 Å². The quantitative estimate of drug-likeness (QED) is 0.425. The van der Waals surface area contributed by atoms with Crippen LogP contribution in [-0.4, -0.2) is 33.1 Å². The van der Waals surface area contributed by atoms with Crippen LogP contribution in [0.1, 0.15) is 71.5 Å². The highest BCUT2D eigenvalue weighted by atomic mass is 19.1. The van der Waals surface area contributed by atoms with Gasteiger partial charge in [-0.15, -0.1) is 0 Å². The van der Waals surface area contributed by atoms with Gasteiger partial charge >= 0.3 is 5.97 Å². The summed E-state index contributed by atoms with van der Waals surface area (Å²) in [7, 11) is 0. The molecule has 1 amide bonds. The molecule has 0 fully saturated rings. The summed E-state index contributed by atoms with van der Waals surface area (Å²) in [5, 5.41) is 13.1. The first-order valence-corrected chi connectivity index (χ1v) is 12.3. The zero-order chi connectivity index (χ0) is 25.3. The molecule has 3 aliphatic rings. The summed E-state index contributed by atoms with van der Waals surface area (Å²) in [5.74, 6) is -1.69. The summed E-state index contributed by atoms with van der Waals surface area (Å²) in [6.45, 7) is 3.27. The monoisotopic (exact) mass is 491 g/mol. The van der Waals surface area contributed by atoms with Crippen molar-refractivity contribution in [1.29, 1.82) is 0 Å². The number of benzene rings is 1. The highest BCUT2D eigenvalue weighted by Gasteiger charge is 2.37. The van der Waals surface area contributed by atoms with Crippen molar-refractivity contribution in [2.75, 3.05) is 6.61 Å². The lowest BCUT2D eigenvalue weighted by atomic mass is 9.81. The lowest BCUT2D eigenvalue weighted by molar-refractivity contribution is -0.148. The lowest BCUT2D eigenvalue weighted by Crippen LogP contribution is -2.34. The Hall–Kier alpha value is -3.59. The fourth-order valence-electron chi connectivity index (χ4n) is 6.14. The fraction of sp³-hybridized carbons (Fsp3) is 0.407. The number of ether oxygens (including phenoxy) is 1. The zero-order valence-corrected chi connectivity index (χ0v) is 20.1. The van der Waals surface area contributed by atoms with E-state index in [1.165, 1.54) is 6.07 Å². The first kappa shape index (κ1) is 22.8. The molecule has 3 aromatic rings. The molecule has 2 aliphatic heterocycles. The Morgan fingerprint density at radius 1 is 1.28 bits per heavy atom. The number of hydrogen-bond acceptors (Lipinski definition) is 6. The Bertz CT molecular complexity index is 1540. The Kier molecular flexibility index (Phi) is 5.22. The molecule has 36 heavy (non-hydrogen) atoms. The SMILES string of the molecule is CCC[C@@H]1C(=O)OCc2c1cc1n(c2=O)Cc2c-1nc1cc(F)c(C)c3c1c2[C@@H](NC(=O)CO)CC3. The molecule has 186 valence electrons. The molecule has 0 radical (unpaired) electrons. The number of fused-ring (bicyclic) bond motifs is 5. The van der Waals surface area contributed by atoms with Gasteiger partial charge in [0.1, 0.15) is 19.0 Å². The minimum absolute atomic E-state index is 0.0597. The molecule has 8 nitrogen and oxygen atoms in total. The Morgan fingerprint density at radius 2 is 2.08 bits per heavy atom. The van der Waals surface area contributed by atoms with E-state index in [2.05, 4.69) is 5.32 Å². The molecule has 2 atom stereocenters. The number of amides is 1. The molecule has 2 aromatic heterocycles. The van der Waals surface area contributed by atoms with Crippen LogP contribution in [0, 0.1) is 12.7 Å². The van der Waals surface area contributed by atoms with Crippen molar-refractivity contribution in [1.82, 2.24) is 14.9 Å². The van der Waals surface area contributed by atoms with Crippen molar-refractivity contribution in [3.8, 4) is 11.4 Å². The fourth-order valence-corrected chi connectivity index (χ4v) is 6.14. The van der Waals surface area contributed by atoms with Gasteiger partial charge in [-0.3, -0.25) is 14.4 Å². The number of esters is 1. The van der Waals surface area contributed by atoms with E-state index in [1.54, 1.807) is 11.5 Å². The van der Waals surface area contributed by atoms with Crippen LogP contribution in [0.25, 0.3) is 22.3 Å². The summed E-state index contributed by atoms with van der Waals surface area (Å²) in [5.41, 5.74) is 5.58. The highest BCUT2D eigenvalue weighted by molar-refractivity contribution is 5.93. The van der Waals surface area contributed by atoms with Gasteiger partial charge in [-0.25, -0.2) is 9.37 Å². The molecule has 0 spiro atoms. The van der Waals surface area contributed by atoms with Gasteiger partial charge in [-0.05, 0) is 54.5 Å². The minimum Gasteiger partial charge on any atom is -0.460 e. The summed E-state index contributed by atoms with van der Waals surface area (Å²) >= 11 is 0. The Balaban J connectivity index is 1.63. The van der Waals surface area contributed by atoms with Crippen LogP contribution in [0.5, 0.6) is 0 Å². The molecule has 2 N–H and O–H groups in total. The van der Waals surface area contributed by atoms with Crippen molar-refractivity contribution < 1.29 is 23.8 Å². The third kappa shape index (κ3) is 3.15. The van der Waals surface area contributed by atoms with Gasteiger partial charge in [0.2, 0.25) is 5.91 Å². The van der Waals surface area contributed by atoms with Gasteiger partial charge < -0.3 is 19.7 Å². The average molecular weight is 492 g/mol. The second-order valence-electron chi connectivity index (χ2n) is 9.83. The van der Waals surface area contributed by atoms with E-state index >= 15 is 0 Å². The van der Waals surface area contributed by atoms with E-state index in [0.717, 1.165) is 28.5 Å².